The molecule has 2 aromatic heterocycles. The lowest BCUT2D eigenvalue weighted by Crippen LogP contribution is -2.44. The number of thiophene rings is 1. The summed E-state index contributed by atoms with van der Waals surface area (Å²) in [5, 5.41) is 4.88. The van der Waals surface area contributed by atoms with E-state index in [4.69, 9.17) is 16.3 Å². The third-order valence-electron chi connectivity index (χ3n) is 7.39. The molecule has 0 saturated heterocycles. The van der Waals surface area contributed by atoms with Gasteiger partial charge in [-0.2, -0.15) is 0 Å². The van der Waals surface area contributed by atoms with E-state index in [1.54, 1.807) is 7.11 Å². The molecule has 1 N–H and O–H groups in total. The molecule has 37 heavy (non-hydrogen) atoms. The second-order valence-electron chi connectivity index (χ2n) is 9.68. The van der Waals surface area contributed by atoms with Gasteiger partial charge in [0.25, 0.3) is 5.91 Å². The summed E-state index contributed by atoms with van der Waals surface area (Å²) in [6, 6.07) is 18.9. The van der Waals surface area contributed by atoms with Gasteiger partial charge < -0.3 is 15.0 Å². The van der Waals surface area contributed by atoms with Crippen molar-refractivity contribution in [3.63, 3.8) is 0 Å². The third kappa shape index (κ3) is 5.37. The van der Waals surface area contributed by atoms with Crippen LogP contribution in [-0.2, 0) is 6.54 Å². The number of rotatable bonds is 7. The summed E-state index contributed by atoms with van der Waals surface area (Å²) in [7, 11) is 3.70. The van der Waals surface area contributed by atoms with Crippen LogP contribution in [-0.4, -0.2) is 42.0 Å². The lowest BCUT2D eigenvalue weighted by atomic mass is 9.89. The van der Waals surface area contributed by atoms with Gasteiger partial charge in [-0.1, -0.05) is 35.9 Å². The maximum atomic E-state index is 14.2. The van der Waals surface area contributed by atoms with Gasteiger partial charge in [-0.3, -0.25) is 9.78 Å². The van der Waals surface area contributed by atoms with Crippen molar-refractivity contribution >= 4 is 38.9 Å². The molecule has 0 atom stereocenters. The third-order valence-corrected chi connectivity index (χ3v) is 9.05. The molecule has 0 aliphatic heterocycles. The van der Waals surface area contributed by atoms with E-state index in [9.17, 15) is 4.79 Å². The lowest BCUT2D eigenvalue weighted by Gasteiger charge is -2.37. The highest BCUT2D eigenvalue weighted by Crippen LogP contribution is 2.38. The Labute approximate surface area is 227 Å². The average molecular weight is 534 g/mol. The van der Waals surface area contributed by atoms with Crippen LogP contribution in [0.3, 0.4) is 0 Å². The van der Waals surface area contributed by atoms with Crippen molar-refractivity contribution in [3.8, 4) is 16.9 Å². The van der Waals surface area contributed by atoms with E-state index in [1.165, 1.54) is 11.3 Å². The van der Waals surface area contributed by atoms with Gasteiger partial charge in [-0.05, 0) is 81.1 Å². The minimum absolute atomic E-state index is 0.00804. The number of nitrogens with zero attached hydrogens (tertiary/aromatic N) is 2. The summed E-state index contributed by atoms with van der Waals surface area (Å²) in [5.41, 5.74) is 4.12. The molecule has 0 radical (unpaired) electrons. The Bertz CT molecular complexity index is 1410. The fraction of sp³-hybridized carbons (Fsp3) is 0.333. The first-order valence-corrected chi connectivity index (χ1v) is 13.9. The van der Waals surface area contributed by atoms with Crippen LogP contribution in [0.2, 0.25) is 5.02 Å². The number of benzene rings is 2. The maximum Gasteiger partial charge on any atom is 0.266 e. The van der Waals surface area contributed by atoms with Crippen molar-refractivity contribution in [3.05, 3.63) is 82.0 Å². The van der Waals surface area contributed by atoms with Gasteiger partial charge in [-0.25, -0.2) is 0 Å². The van der Waals surface area contributed by atoms with Crippen molar-refractivity contribution in [1.29, 1.82) is 0 Å². The molecule has 1 fully saturated rings. The Kier molecular flexibility index (Phi) is 7.79. The van der Waals surface area contributed by atoms with Crippen molar-refractivity contribution in [1.82, 2.24) is 15.2 Å². The van der Waals surface area contributed by atoms with Crippen LogP contribution in [0, 0.1) is 6.92 Å². The van der Waals surface area contributed by atoms with E-state index in [0.717, 1.165) is 63.9 Å². The van der Waals surface area contributed by atoms with Crippen molar-refractivity contribution in [2.24, 2.45) is 0 Å². The maximum absolute atomic E-state index is 14.2. The highest BCUT2D eigenvalue weighted by Gasteiger charge is 2.32. The lowest BCUT2D eigenvalue weighted by molar-refractivity contribution is 0.0604. The molecule has 0 unspecified atom stereocenters. The van der Waals surface area contributed by atoms with Gasteiger partial charge in [-0.15, -0.1) is 11.3 Å². The SMILES string of the molecule is CN[C@H]1CC[C@H](N(Cc2cc(-c3ccnc(C)c3)ccc2OC)C(=O)c2sc3ccccc3c2Cl)CC1. The summed E-state index contributed by atoms with van der Waals surface area (Å²) in [4.78, 5) is 21.1. The predicted molar refractivity (Wildman–Crippen MR) is 153 cm³/mol. The Balaban J connectivity index is 1.53. The Morgan fingerprint density at radius 3 is 2.57 bits per heavy atom. The molecule has 1 aliphatic rings. The Morgan fingerprint density at radius 2 is 1.86 bits per heavy atom. The highest BCUT2D eigenvalue weighted by atomic mass is 35.5. The van der Waals surface area contributed by atoms with E-state index in [1.807, 2.05) is 61.5 Å². The zero-order chi connectivity index (χ0) is 25.9. The standard InChI is InChI=1S/C30H32ClN3O2S/c1-19-16-21(14-15-33-19)20-8-13-26(36-3)22(17-20)18-34(24-11-9-23(32-2)10-12-24)30(35)29-28(31)25-6-4-5-7-27(25)37-29/h4-8,13-17,23-24,32H,9-12,18H2,1-3H3/t23-,24-. The summed E-state index contributed by atoms with van der Waals surface area (Å²) >= 11 is 8.26. The van der Waals surface area contributed by atoms with Gasteiger partial charge >= 0.3 is 0 Å². The Morgan fingerprint density at radius 1 is 1.11 bits per heavy atom. The molecule has 192 valence electrons. The van der Waals surface area contributed by atoms with Crippen LogP contribution in [0.25, 0.3) is 21.2 Å². The van der Waals surface area contributed by atoms with Crippen molar-refractivity contribution < 1.29 is 9.53 Å². The number of aromatic nitrogens is 1. The first kappa shape index (κ1) is 25.7. The van der Waals surface area contributed by atoms with E-state index >= 15 is 0 Å². The first-order chi connectivity index (χ1) is 18.0. The molecule has 7 heteroatoms. The van der Waals surface area contributed by atoms with Crippen LogP contribution < -0.4 is 10.1 Å². The largest absolute Gasteiger partial charge is 0.496 e. The molecular weight excluding hydrogens is 502 g/mol. The summed E-state index contributed by atoms with van der Waals surface area (Å²) in [6.45, 7) is 2.45. The number of pyridine rings is 1. The molecule has 0 bridgehead atoms. The number of hydrogen-bond acceptors (Lipinski definition) is 5. The number of hydrogen-bond donors (Lipinski definition) is 1. The van der Waals surface area contributed by atoms with Gasteiger partial charge in [0.05, 0.1) is 12.1 Å². The molecule has 1 saturated carbocycles. The monoisotopic (exact) mass is 533 g/mol. The quantitative estimate of drug-likeness (QED) is 0.275. The zero-order valence-electron chi connectivity index (χ0n) is 21.5. The smallest absolute Gasteiger partial charge is 0.266 e. The van der Waals surface area contributed by atoms with Crippen LogP contribution in [0.4, 0.5) is 0 Å². The molecular formula is C30H32ClN3O2S. The summed E-state index contributed by atoms with van der Waals surface area (Å²) in [6.07, 6.45) is 5.81. The highest BCUT2D eigenvalue weighted by molar-refractivity contribution is 7.21. The van der Waals surface area contributed by atoms with E-state index in [0.29, 0.717) is 22.5 Å². The molecule has 1 amide bonds. The van der Waals surface area contributed by atoms with Crippen LogP contribution in [0.5, 0.6) is 5.75 Å². The number of nitrogens with one attached hydrogen (secondary N) is 1. The van der Waals surface area contributed by atoms with Crippen LogP contribution in [0.1, 0.15) is 46.6 Å². The minimum Gasteiger partial charge on any atom is -0.496 e. The normalized spacial score (nSPS) is 17.6. The van der Waals surface area contributed by atoms with E-state index < -0.39 is 0 Å². The van der Waals surface area contributed by atoms with Gasteiger partial charge in [0.1, 0.15) is 10.6 Å². The van der Waals surface area contributed by atoms with Crippen LogP contribution >= 0.6 is 22.9 Å². The number of fused-ring (bicyclic) bond motifs is 1. The molecule has 1 aliphatic carbocycles. The minimum atomic E-state index is -0.00804. The first-order valence-electron chi connectivity index (χ1n) is 12.7. The number of carbonyl (C=O) groups is 1. The number of aryl methyl sites for hydroxylation is 1. The second kappa shape index (κ2) is 11.2. The molecule has 4 aromatic rings. The summed E-state index contributed by atoms with van der Waals surface area (Å²) < 4.78 is 6.79. The van der Waals surface area contributed by atoms with Crippen molar-refractivity contribution in [2.45, 2.75) is 51.2 Å². The molecule has 2 heterocycles. The zero-order valence-corrected chi connectivity index (χ0v) is 23.0. The fourth-order valence-corrected chi connectivity index (χ4v) is 6.78. The predicted octanol–water partition coefficient (Wildman–Crippen LogP) is 7.11. The van der Waals surface area contributed by atoms with E-state index in [2.05, 4.69) is 28.5 Å². The average Bonchev–Trinajstić information content (AvgIpc) is 3.27. The molecule has 2 aromatic carbocycles. The molecule has 5 rings (SSSR count). The van der Waals surface area contributed by atoms with Gasteiger partial charge in [0, 0.05) is 46.2 Å². The Hall–Kier alpha value is -2.93. The summed E-state index contributed by atoms with van der Waals surface area (Å²) in [5.74, 6) is 0.769. The van der Waals surface area contributed by atoms with E-state index in [-0.39, 0.29) is 11.9 Å². The number of halogens is 1. The molecule has 0 spiro atoms. The van der Waals surface area contributed by atoms with Gasteiger partial charge in [0.2, 0.25) is 0 Å². The fourth-order valence-electron chi connectivity index (χ4n) is 5.32. The van der Waals surface area contributed by atoms with Crippen LogP contribution in [0.15, 0.2) is 60.8 Å². The van der Waals surface area contributed by atoms with Crippen molar-refractivity contribution in [2.75, 3.05) is 14.2 Å². The molecule has 5 nitrogen and oxygen atoms in total. The van der Waals surface area contributed by atoms with Gasteiger partial charge in [0.15, 0.2) is 0 Å². The number of methoxy groups -OCH3 is 1. The number of ether oxygens (including phenoxy) is 1. The number of carbonyl (C=O) groups excluding carboxylic acids is 1. The number of amides is 1. The second-order valence-corrected chi connectivity index (χ2v) is 11.1. The topological polar surface area (TPSA) is 54.5 Å².